The number of rotatable bonds is 7. The molecule has 2 N–H and O–H groups in total. The van der Waals surface area contributed by atoms with Gasteiger partial charge in [-0.1, -0.05) is 25.9 Å². The van der Waals surface area contributed by atoms with Gasteiger partial charge in [-0.2, -0.15) is 4.98 Å². The van der Waals surface area contributed by atoms with Crippen molar-refractivity contribution in [2.75, 3.05) is 6.54 Å². The Morgan fingerprint density at radius 3 is 2.62 bits per heavy atom. The molecule has 0 bridgehead atoms. The van der Waals surface area contributed by atoms with Crippen molar-refractivity contribution in [3.63, 3.8) is 0 Å². The quantitative estimate of drug-likeness (QED) is 0.837. The predicted molar refractivity (Wildman–Crippen MR) is 83.8 cm³/mol. The molecule has 0 aromatic carbocycles. The zero-order valence-corrected chi connectivity index (χ0v) is 13.7. The van der Waals surface area contributed by atoms with Gasteiger partial charge >= 0.3 is 0 Å². The third kappa shape index (κ3) is 5.08. The minimum Gasteiger partial charge on any atom is -0.338 e. The first-order chi connectivity index (χ1) is 10.1. The molecule has 120 valence electrons. The molecule has 0 aliphatic heterocycles. The summed E-state index contributed by atoms with van der Waals surface area (Å²) in [6.45, 7) is 8.43. The van der Waals surface area contributed by atoms with Crippen LogP contribution in [0.25, 0.3) is 0 Å². The van der Waals surface area contributed by atoms with E-state index in [0.717, 1.165) is 50.5 Å². The van der Waals surface area contributed by atoms with Crippen molar-refractivity contribution < 1.29 is 4.52 Å². The summed E-state index contributed by atoms with van der Waals surface area (Å²) in [6.07, 6.45) is 6.67. The molecule has 0 spiro atoms. The number of nitrogens with two attached hydrogens (primary N) is 1. The Morgan fingerprint density at radius 1 is 1.29 bits per heavy atom. The Bertz CT molecular complexity index is 410. The van der Waals surface area contributed by atoms with Crippen LogP contribution in [0.5, 0.6) is 0 Å². The molecule has 1 aliphatic carbocycles. The van der Waals surface area contributed by atoms with Gasteiger partial charge in [-0.3, -0.25) is 4.90 Å². The van der Waals surface area contributed by atoms with E-state index in [4.69, 9.17) is 10.3 Å². The topological polar surface area (TPSA) is 68.2 Å². The Hall–Kier alpha value is -0.940. The van der Waals surface area contributed by atoms with Gasteiger partial charge in [0.25, 0.3) is 0 Å². The van der Waals surface area contributed by atoms with Crippen LogP contribution in [0.2, 0.25) is 0 Å². The summed E-state index contributed by atoms with van der Waals surface area (Å²) in [5.74, 6) is 2.15. The van der Waals surface area contributed by atoms with Gasteiger partial charge in [0.05, 0.1) is 6.54 Å². The molecule has 1 saturated carbocycles. The van der Waals surface area contributed by atoms with E-state index < -0.39 is 0 Å². The Morgan fingerprint density at radius 2 is 2.00 bits per heavy atom. The monoisotopic (exact) mass is 294 g/mol. The van der Waals surface area contributed by atoms with Crippen LogP contribution in [0.4, 0.5) is 0 Å². The van der Waals surface area contributed by atoms with E-state index in [9.17, 15) is 0 Å². The van der Waals surface area contributed by atoms with Gasteiger partial charge in [0.2, 0.25) is 5.89 Å². The predicted octanol–water partition coefficient (Wildman–Crippen LogP) is 2.75. The van der Waals surface area contributed by atoms with Gasteiger partial charge in [-0.25, -0.2) is 0 Å². The number of hydrogen-bond donors (Lipinski definition) is 1. The van der Waals surface area contributed by atoms with E-state index in [1.54, 1.807) is 0 Å². The lowest BCUT2D eigenvalue weighted by molar-refractivity contribution is 0.126. The SMILES string of the molecule is CCCN(Cc1nc(CC(C)C)no1)C1CCC(N)CC1. The molecule has 0 saturated heterocycles. The molecule has 1 heterocycles. The molecule has 5 heteroatoms. The second-order valence-corrected chi connectivity index (χ2v) is 6.74. The highest BCUT2D eigenvalue weighted by molar-refractivity contribution is 4.89. The summed E-state index contributed by atoms with van der Waals surface area (Å²) >= 11 is 0. The van der Waals surface area contributed by atoms with Gasteiger partial charge in [-0.15, -0.1) is 0 Å². The fourth-order valence-corrected chi connectivity index (χ4v) is 3.12. The van der Waals surface area contributed by atoms with Crippen LogP contribution in [0.3, 0.4) is 0 Å². The molecule has 1 aromatic heterocycles. The summed E-state index contributed by atoms with van der Waals surface area (Å²) in [6, 6.07) is 1.01. The van der Waals surface area contributed by atoms with E-state index in [-0.39, 0.29) is 0 Å². The van der Waals surface area contributed by atoms with Crippen LogP contribution in [0.15, 0.2) is 4.52 Å². The highest BCUT2D eigenvalue weighted by atomic mass is 16.5. The summed E-state index contributed by atoms with van der Waals surface area (Å²) in [4.78, 5) is 7.04. The molecule has 0 unspecified atom stereocenters. The van der Waals surface area contributed by atoms with Crippen LogP contribution < -0.4 is 5.73 Å². The lowest BCUT2D eigenvalue weighted by atomic mass is 9.90. The zero-order valence-electron chi connectivity index (χ0n) is 13.7. The second-order valence-electron chi connectivity index (χ2n) is 6.74. The Labute approximate surface area is 128 Å². The maximum atomic E-state index is 6.01. The van der Waals surface area contributed by atoms with Gasteiger partial charge in [-0.05, 0) is 44.6 Å². The van der Waals surface area contributed by atoms with Gasteiger partial charge in [0.15, 0.2) is 5.82 Å². The molecule has 21 heavy (non-hydrogen) atoms. The molecule has 0 amide bonds. The second kappa shape index (κ2) is 7.90. The Balaban J connectivity index is 1.94. The molecule has 1 aliphatic rings. The van der Waals surface area contributed by atoms with E-state index in [2.05, 4.69) is 35.8 Å². The lowest BCUT2D eigenvalue weighted by Gasteiger charge is -2.35. The van der Waals surface area contributed by atoms with E-state index >= 15 is 0 Å². The van der Waals surface area contributed by atoms with Gasteiger partial charge in [0, 0.05) is 18.5 Å². The third-order valence-electron chi connectivity index (χ3n) is 4.21. The fourth-order valence-electron chi connectivity index (χ4n) is 3.12. The highest BCUT2D eigenvalue weighted by Gasteiger charge is 2.25. The third-order valence-corrected chi connectivity index (χ3v) is 4.21. The first-order valence-corrected chi connectivity index (χ1v) is 8.39. The van der Waals surface area contributed by atoms with Crippen LogP contribution in [0.1, 0.15) is 64.6 Å². The largest absolute Gasteiger partial charge is 0.338 e. The zero-order chi connectivity index (χ0) is 15.2. The van der Waals surface area contributed by atoms with E-state index in [1.165, 1.54) is 12.8 Å². The van der Waals surface area contributed by atoms with Crippen molar-refractivity contribution in [1.82, 2.24) is 15.0 Å². The molecular weight excluding hydrogens is 264 g/mol. The van der Waals surface area contributed by atoms with Crippen LogP contribution in [-0.4, -0.2) is 33.7 Å². The molecule has 5 nitrogen and oxygen atoms in total. The van der Waals surface area contributed by atoms with Crippen molar-refractivity contribution in [2.24, 2.45) is 11.7 Å². The maximum Gasteiger partial charge on any atom is 0.240 e. The maximum absolute atomic E-state index is 6.01. The summed E-state index contributed by atoms with van der Waals surface area (Å²) in [7, 11) is 0. The van der Waals surface area contributed by atoms with Crippen molar-refractivity contribution in [2.45, 2.75) is 77.9 Å². The normalized spacial score (nSPS) is 23.1. The average Bonchev–Trinajstić information content (AvgIpc) is 2.85. The van der Waals surface area contributed by atoms with Crippen LogP contribution in [-0.2, 0) is 13.0 Å². The standard InChI is InChI=1S/C16H30N4O/c1-4-9-20(14-7-5-13(17)6-8-14)11-16-18-15(19-21-16)10-12(2)3/h12-14H,4-11,17H2,1-3H3. The van der Waals surface area contributed by atoms with Crippen molar-refractivity contribution in [3.05, 3.63) is 11.7 Å². The van der Waals surface area contributed by atoms with Gasteiger partial charge < -0.3 is 10.3 Å². The highest BCUT2D eigenvalue weighted by Crippen LogP contribution is 2.23. The Kier molecular flexibility index (Phi) is 6.18. The fraction of sp³-hybridized carbons (Fsp3) is 0.875. The minimum atomic E-state index is 0.394. The lowest BCUT2D eigenvalue weighted by Crippen LogP contribution is -2.40. The minimum absolute atomic E-state index is 0.394. The average molecular weight is 294 g/mol. The summed E-state index contributed by atoms with van der Waals surface area (Å²) < 4.78 is 5.43. The number of hydrogen-bond acceptors (Lipinski definition) is 5. The van der Waals surface area contributed by atoms with Crippen molar-refractivity contribution >= 4 is 0 Å². The summed E-state index contributed by atoms with van der Waals surface area (Å²) in [5.41, 5.74) is 6.01. The number of nitrogens with zero attached hydrogens (tertiary/aromatic N) is 3. The van der Waals surface area contributed by atoms with Crippen molar-refractivity contribution in [3.8, 4) is 0 Å². The first kappa shape index (κ1) is 16.4. The molecule has 0 radical (unpaired) electrons. The molecular formula is C16H30N4O. The first-order valence-electron chi connectivity index (χ1n) is 8.39. The smallest absolute Gasteiger partial charge is 0.240 e. The van der Waals surface area contributed by atoms with Crippen molar-refractivity contribution in [1.29, 1.82) is 0 Å². The van der Waals surface area contributed by atoms with Crippen LogP contribution >= 0.6 is 0 Å². The van der Waals surface area contributed by atoms with E-state index in [0.29, 0.717) is 18.0 Å². The molecule has 1 fully saturated rings. The molecule has 2 rings (SSSR count). The van der Waals surface area contributed by atoms with Gasteiger partial charge in [0.1, 0.15) is 0 Å². The van der Waals surface area contributed by atoms with Crippen LogP contribution in [0, 0.1) is 5.92 Å². The number of aromatic nitrogens is 2. The van der Waals surface area contributed by atoms with E-state index in [1.807, 2.05) is 0 Å². The molecule has 0 atom stereocenters. The summed E-state index contributed by atoms with van der Waals surface area (Å²) in [5, 5.41) is 4.09. The molecule has 1 aromatic rings.